The van der Waals surface area contributed by atoms with Gasteiger partial charge in [0.2, 0.25) is 0 Å². The minimum atomic E-state index is -0.690. The first-order valence-corrected chi connectivity index (χ1v) is 6.83. The first-order valence-electron chi connectivity index (χ1n) is 6.03. The van der Waals surface area contributed by atoms with Crippen LogP contribution in [0.3, 0.4) is 0 Å². The molecule has 1 heterocycles. The highest BCUT2D eigenvalue weighted by molar-refractivity contribution is 9.10. The topological polar surface area (TPSA) is 38.0 Å². The van der Waals surface area contributed by atoms with Crippen LogP contribution in [0.15, 0.2) is 10.7 Å². The zero-order valence-corrected chi connectivity index (χ0v) is 11.5. The molecular formula is C12H19BrN2O. The molecule has 2 unspecified atom stereocenters. The van der Waals surface area contributed by atoms with Crippen molar-refractivity contribution in [2.45, 2.75) is 51.7 Å². The molecule has 1 saturated carbocycles. The molecular weight excluding hydrogens is 268 g/mol. The highest BCUT2D eigenvalue weighted by Gasteiger charge is 2.43. The van der Waals surface area contributed by atoms with Gasteiger partial charge in [-0.2, -0.15) is 5.10 Å². The second kappa shape index (κ2) is 4.49. The maximum Gasteiger partial charge on any atom is 0.110 e. The largest absolute Gasteiger partial charge is 0.383 e. The number of aromatic nitrogens is 2. The van der Waals surface area contributed by atoms with E-state index >= 15 is 0 Å². The number of nitrogens with zero attached hydrogens (tertiary/aromatic N) is 2. The SMILES string of the molecule is CCCn1ncc(Br)c1C1(O)CCCC1C. The highest BCUT2D eigenvalue weighted by atomic mass is 79.9. The molecule has 0 bridgehead atoms. The van der Waals surface area contributed by atoms with Crippen LogP contribution < -0.4 is 0 Å². The van der Waals surface area contributed by atoms with Gasteiger partial charge in [-0.15, -0.1) is 0 Å². The summed E-state index contributed by atoms with van der Waals surface area (Å²) in [7, 11) is 0. The number of halogens is 1. The lowest BCUT2D eigenvalue weighted by molar-refractivity contribution is -0.00484. The Morgan fingerprint density at radius 2 is 2.44 bits per heavy atom. The van der Waals surface area contributed by atoms with Crippen molar-refractivity contribution in [3.05, 3.63) is 16.4 Å². The van der Waals surface area contributed by atoms with Crippen LogP contribution >= 0.6 is 15.9 Å². The maximum absolute atomic E-state index is 10.8. The van der Waals surface area contributed by atoms with Gasteiger partial charge < -0.3 is 5.11 Å². The predicted octanol–water partition coefficient (Wildman–Crippen LogP) is 3.06. The molecule has 16 heavy (non-hydrogen) atoms. The van der Waals surface area contributed by atoms with Crippen LogP contribution in [-0.2, 0) is 12.1 Å². The lowest BCUT2D eigenvalue weighted by Crippen LogP contribution is -2.32. The van der Waals surface area contributed by atoms with Gasteiger partial charge in [-0.05, 0) is 47.5 Å². The van der Waals surface area contributed by atoms with Gasteiger partial charge >= 0.3 is 0 Å². The van der Waals surface area contributed by atoms with E-state index in [9.17, 15) is 5.11 Å². The minimum Gasteiger partial charge on any atom is -0.383 e. The molecule has 0 amide bonds. The minimum absolute atomic E-state index is 0.316. The van der Waals surface area contributed by atoms with E-state index < -0.39 is 5.60 Å². The highest BCUT2D eigenvalue weighted by Crippen LogP contribution is 2.45. The third kappa shape index (κ3) is 1.82. The average molecular weight is 287 g/mol. The Hall–Kier alpha value is -0.350. The van der Waals surface area contributed by atoms with Gasteiger partial charge in [0, 0.05) is 6.54 Å². The lowest BCUT2D eigenvalue weighted by atomic mass is 9.89. The van der Waals surface area contributed by atoms with E-state index in [1.165, 1.54) is 0 Å². The van der Waals surface area contributed by atoms with Crippen molar-refractivity contribution in [1.29, 1.82) is 0 Å². The van der Waals surface area contributed by atoms with E-state index in [1.54, 1.807) is 6.20 Å². The van der Waals surface area contributed by atoms with Crippen LogP contribution in [0.1, 0.15) is 45.2 Å². The lowest BCUT2D eigenvalue weighted by Gasteiger charge is -2.29. The van der Waals surface area contributed by atoms with Crippen molar-refractivity contribution in [2.24, 2.45) is 5.92 Å². The van der Waals surface area contributed by atoms with Crippen LogP contribution in [0.5, 0.6) is 0 Å². The molecule has 4 heteroatoms. The average Bonchev–Trinajstić information content (AvgIpc) is 2.74. The van der Waals surface area contributed by atoms with Gasteiger partial charge in [-0.3, -0.25) is 4.68 Å². The van der Waals surface area contributed by atoms with Gasteiger partial charge in [0.15, 0.2) is 0 Å². The second-order valence-electron chi connectivity index (χ2n) is 4.78. The number of aryl methyl sites for hydroxylation is 1. The smallest absolute Gasteiger partial charge is 0.110 e. The summed E-state index contributed by atoms with van der Waals surface area (Å²) in [6.07, 6.45) is 5.88. The summed E-state index contributed by atoms with van der Waals surface area (Å²) >= 11 is 3.52. The van der Waals surface area contributed by atoms with Crippen LogP contribution in [0.2, 0.25) is 0 Å². The van der Waals surface area contributed by atoms with E-state index in [-0.39, 0.29) is 0 Å². The summed E-state index contributed by atoms with van der Waals surface area (Å²) in [5.41, 5.74) is 0.282. The second-order valence-corrected chi connectivity index (χ2v) is 5.64. The van der Waals surface area contributed by atoms with Crippen LogP contribution in [0.25, 0.3) is 0 Å². The van der Waals surface area contributed by atoms with Gasteiger partial charge in [0.25, 0.3) is 0 Å². The van der Waals surface area contributed by atoms with Gasteiger partial charge in [0.1, 0.15) is 5.60 Å². The van der Waals surface area contributed by atoms with Crippen molar-refractivity contribution in [2.75, 3.05) is 0 Å². The summed E-state index contributed by atoms with van der Waals surface area (Å²) in [5.74, 6) is 0.316. The van der Waals surface area contributed by atoms with Crippen LogP contribution in [-0.4, -0.2) is 14.9 Å². The molecule has 1 aromatic rings. The maximum atomic E-state index is 10.8. The molecule has 0 spiro atoms. The van der Waals surface area contributed by atoms with Gasteiger partial charge in [-0.25, -0.2) is 0 Å². The standard InChI is InChI=1S/C12H19BrN2O/c1-3-7-15-11(10(13)8-14-15)12(16)6-4-5-9(12)2/h8-9,16H,3-7H2,1-2H3. The third-order valence-corrected chi connectivity index (χ3v) is 4.23. The number of hydrogen-bond acceptors (Lipinski definition) is 2. The Morgan fingerprint density at radius 1 is 1.69 bits per heavy atom. The van der Waals surface area contributed by atoms with E-state index in [2.05, 4.69) is 34.9 Å². The number of rotatable bonds is 3. The zero-order chi connectivity index (χ0) is 11.8. The fourth-order valence-electron chi connectivity index (χ4n) is 2.69. The quantitative estimate of drug-likeness (QED) is 0.927. The third-order valence-electron chi connectivity index (χ3n) is 3.65. The normalized spacial score (nSPS) is 29.9. The molecule has 0 aromatic carbocycles. The Balaban J connectivity index is 2.41. The predicted molar refractivity (Wildman–Crippen MR) is 67.1 cm³/mol. The van der Waals surface area contributed by atoms with Crippen molar-refractivity contribution >= 4 is 15.9 Å². The zero-order valence-electron chi connectivity index (χ0n) is 9.91. The first-order chi connectivity index (χ1) is 7.59. The van der Waals surface area contributed by atoms with Crippen LogP contribution in [0.4, 0.5) is 0 Å². The molecule has 2 rings (SSSR count). The Morgan fingerprint density at radius 3 is 3.00 bits per heavy atom. The molecule has 1 aliphatic rings. The molecule has 1 aliphatic carbocycles. The first kappa shape index (κ1) is 12.1. The monoisotopic (exact) mass is 286 g/mol. The summed E-state index contributed by atoms with van der Waals surface area (Å²) in [5, 5.41) is 15.2. The Kier molecular flexibility index (Phi) is 3.40. The molecule has 1 fully saturated rings. The summed E-state index contributed by atoms with van der Waals surface area (Å²) in [6.45, 7) is 5.13. The van der Waals surface area contributed by atoms with Crippen molar-refractivity contribution in [3.8, 4) is 0 Å². The Labute approximate surface area is 105 Å². The van der Waals surface area contributed by atoms with Crippen molar-refractivity contribution < 1.29 is 5.11 Å². The fourth-order valence-corrected chi connectivity index (χ4v) is 3.33. The molecule has 1 N–H and O–H groups in total. The van der Waals surface area contributed by atoms with Crippen LogP contribution in [0, 0.1) is 5.92 Å². The van der Waals surface area contributed by atoms with E-state index in [0.717, 1.165) is 42.4 Å². The van der Waals surface area contributed by atoms with Crippen molar-refractivity contribution in [3.63, 3.8) is 0 Å². The van der Waals surface area contributed by atoms with E-state index in [0.29, 0.717) is 5.92 Å². The Bertz CT molecular complexity index is 377. The summed E-state index contributed by atoms with van der Waals surface area (Å²) in [4.78, 5) is 0. The summed E-state index contributed by atoms with van der Waals surface area (Å²) < 4.78 is 2.89. The molecule has 2 atom stereocenters. The van der Waals surface area contributed by atoms with Gasteiger partial charge in [-0.1, -0.05) is 13.8 Å². The molecule has 0 aliphatic heterocycles. The summed E-state index contributed by atoms with van der Waals surface area (Å²) in [6, 6.07) is 0. The molecule has 1 aromatic heterocycles. The molecule has 0 saturated heterocycles. The number of aliphatic hydroxyl groups is 1. The molecule has 90 valence electrons. The molecule has 0 radical (unpaired) electrons. The molecule has 3 nitrogen and oxygen atoms in total. The van der Waals surface area contributed by atoms with E-state index in [4.69, 9.17) is 0 Å². The number of hydrogen-bond donors (Lipinski definition) is 1. The fraction of sp³-hybridized carbons (Fsp3) is 0.750. The van der Waals surface area contributed by atoms with Crippen molar-refractivity contribution in [1.82, 2.24) is 9.78 Å². The van der Waals surface area contributed by atoms with Gasteiger partial charge in [0.05, 0.1) is 16.4 Å². The van der Waals surface area contributed by atoms with E-state index in [1.807, 2.05) is 4.68 Å².